The maximum atomic E-state index is 12.0. The number of carboxylic acids is 1. The Kier molecular flexibility index (Phi) is 4.82. The molecule has 1 aliphatic rings. The molecule has 126 valence electrons. The number of ether oxygens (including phenoxy) is 2. The zero-order valence-corrected chi connectivity index (χ0v) is 14.0. The first-order chi connectivity index (χ1) is 10.7. The molecular formula is C17H23NO5. The molecule has 0 aliphatic carbocycles. The van der Waals surface area contributed by atoms with E-state index in [9.17, 15) is 9.59 Å². The van der Waals surface area contributed by atoms with Crippen LogP contribution in [0.3, 0.4) is 0 Å². The second-order valence-electron chi connectivity index (χ2n) is 6.71. The van der Waals surface area contributed by atoms with Gasteiger partial charge in [0, 0.05) is 6.54 Å². The molecule has 0 bridgehead atoms. The standard InChI is InChI=1S/C17H23NO5/c1-11-5-6-13(9-14(11)15(19)20)22-10-12-7-8-18(12)16(21)23-17(2,3)4/h5-6,9,12H,7-8,10H2,1-4H3,(H,19,20). The van der Waals surface area contributed by atoms with Crippen LogP contribution in [0.1, 0.15) is 43.1 Å². The molecule has 1 aromatic rings. The van der Waals surface area contributed by atoms with E-state index in [4.69, 9.17) is 14.6 Å². The molecule has 1 fully saturated rings. The lowest BCUT2D eigenvalue weighted by atomic mass is 10.1. The highest BCUT2D eigenvalue weighted by Gasteiger charge is 2.35. The second-order valence-corrected chi connectivity index (χ2v) is 6.71. The van der Waals surface area contributed by atoms with Crippen LogP contribution in [0.25, 0.3) is 0 Å². The number of carbonyl (C=O) groups excluding carboxylic acids is 1. The van der Waals surface area contributed by atoms with Crippen molar-refractivity contribution in [2.45, 2.75) is 45.8 Å². The number of benzene rings is 1. The number of aromatic carboxylic acids is 1. The van der Waals surface area contributed by atoms with Crippen LogP contribution in [0.15, 0.2) is 18.2 Å². The van der Waals surface area contributed by atoms with Crippen molar-refractivity contribution in [1.29, 1.82) is 0 Å². The summed E-state index contributed by atoms with van der Waals surface area (Å²) in [6.45, 7) is 8.20. The van der Waals surface area contributed by atoms with Crippen LogP contribution in [0, 0.1) is 6.92 Å². The number of hydrogen-bond acceptors (Lipinski definition) is 4. The minimum absolute atomic E-state index is 0.0422. The van der Waals surface area contributed by atoms with Gasteiger partial charge in [-0.2, -0.15) is 0 Å². The zero-order valence-electron chi connectivity index (χ0n) is 14.0. The first-order valence-corrected chi connectivity index (χ1v) is 7.64. The van der Waals surface area contributed by atoms with Gasteiger partial charge in [0.1, 0.15) is 18.0 Å². The van der Waals surface area contributed by atoms with Crippen LogP contribution in [-0.2, 0) is 4.74 Å². The molecule has 0 radical (unpaired) electrons. The monoisotopic (exact) mass is 321 g/mol. The van der Waals surface area contributed by atoms with Gasteiger partial charge in [-0.25, -0.2) is 9.59 Å². The number of nitrogens with zero attached hydrogens (tertiary/aromatic N) is 1. The molecule has 0 saturated carbocycles. The summed E-state index contributed by atoms with van der Waals surface area (Å²) in [5.74, 6) is -0.490. The summed E-state index contributed by atoms with van der Waals surface area (Å²) in [6, 6.07) is 4.91. The number of likely N-dealkylation sites (tertiary alicyclic amines) is 1. The van der Waals surface area contributed by atoms with E-state index < -0.39 is 11.6 Å². The average molecular weight is 321 g/mol. The van der Waals surface area contributed by atoms with Crippen LogP contribution >= 0.6 is 0 Å². The highest BCUT2D eigenvalue weighted by atomic mass is 16.6. The predicted octanol–water partition coefficient (Wildman–Crippen LogP) is 3.08. The van der Waals surface area contributed by atoms with E-state index in [0.717, 1.165) is 6.42 Å². The van der Waals surface area contributed by atoms with Crippen molar-refractivity contribution in [3.8, 4) is 5.75 Å². The molecule has 1 amide bonds. The molecule has 0 aromatic heterocycles. The predicted molar refractivity (Wildman–Crippen MR) is 85.0 cm³/mol. The Bertz CT molecular complexity index is 605. The van der Waals surface area contributed by atoms with Crippen LogP contribution in [0.5, 0.6) is 5.75 Å². The van der Waals surface area contributed by atoms with E-state index >= 15 is 0 Å². The van der Waals surface area contributed by atoms with Crippen LogP contribution < -0.4 is 4.74 Å². The number of amides is 1. The van der Waals surface area contributed by atoms with Gasteiger partial charge >= 0.3 is 12.1 Å². The number of aryl methyl sites for hydroxylation is 1. The van der Waals surface area contributed by atoms with Crippen molar-refractivity contribution in [2.24, 2.45) is 0 Å². The zero-order chi connectivity index (χ0) is 17.2. The Hall–Kier alpha value is -2.24. The third kappa shape index (κ3) is 4.37. The average Bonchev–Trinajstić information content (AvgIpc) is 2.36. The Morgan fingerprint density at radius 1 is 1.35 bits per heavy atom. The molecule has 23 heavy (non-hydrogen) atoms. The third-order valence-corrected chi connectivity index (χ3v) is 3.65. The van der Waals surface area contributed by atoms with Crippen molar-refractivity contribution in [1.82, 2.24) is 4.90 Å². The molecule has 1 saturated heterocycles. The van der Waals surface area contributed by atoms with E-state index in [1.54, 1.807) is 24.0 Å². The summed E-state index contributed by atoms with van der Waals surface area (Å²) in [5.41, 5.74) is 0.384. The van der Waals surface area contributed by atoms with Gasteiger partial charge in [-0.05, 0) is 51.8 Å². The SMILES string of the molecule is Cc1ccc(OCC2CCN2C(=O)OC(C)(C)C)cc1C(=O)O. The highest BCUT2D eigenvalue weighted by Crippen LogP contribution is 2.23. The Morgan fingerprint density at radius 3 is 2.57 bits per heavy atom. The lowest BCUT2D eigenvalue weighted by molar-refractivity contribution is -0.0141. The van der Waals surface area contributed by atoms with Gasteiger partial charge < -0.3 is 19.5 Å². The molecule has 1 atom stereocenters. The lowest BCUT2D eigenvalue weighted by Gasteiger charge is -2.41. The molecule has 6 heteroatoms. The topological polar surface area (TPSA) is 76.1 Å². The summed E-state index contributed by atoms with van der Waals surface area (Å²) in [7, 11) is 0. The van der Waals surface area contributed by atoms with Gasteiger partial charge in [-0.1, -0.05) is 6.07 Å². The summed E-state index contributed by atoms with van der Waals surface area (Å²) < 4.78 is 11.0. The minimum atomic E-state index is -0.980. The molecular weight excluding hydrogens is 298 g/mol. The van der Waals surface area contributed by atoms with Gasteiger partial charge in [0.15, 0.2) is 0 Å². The minimum Gasteiger partial charge on any atom is -0.491 e. The van der Waals surface area contributed by atoms with Crippen molar-refractivity contribution in [3.63, 3.8) is 0 Å². The van der Waals surface area contributed by atoms with E-state index in [1.165, 1.54) is 6.07 Å². The lowest BCUT2D eigenvalue weighted by Crippen LogP contribution is -2.55. The van der Waals surface area contributed by atoms with Gasteiger partial charge in [0.05, 0.1) is 11.6 Å². The quantitative estimate of drug-likeness (QED) is 0.922. The van der Waals surface area contributed by atoms with Crippen LogP contribution in [0.4, 0.5) is 4.79 Å². The normalized spacial score (nSPS) is 17.4. The van der Waals surface area contributed by atoms with Crippen molar-refractivity contribution >= 4 is 12.1 Å². The molecule has 1 aliphatic heterocycles. The number of carboxylic acid groups (broad SMARTS) is 1. The fraction of sp³-hybridized carbons (Fsp3) is 0.529. The molecule has 1 unspecified atom stereocenters. The largest absolute Gasteiger partial charge is 0.491 e. The highest BCUT2D eigenvalue weighted by molar-refractivity contribution is 5.89. The maximum Gasteiger partial charge on any atom is 0.410 e. The van der Waals surface area contributed by atoms with Crippen molar-refractivity contribution in [2.75, 3.05) is 13.2 Å². The first kappa shape index (κ1) is 17.1. The van der Waals surface area contributed by atoms with Crippen molar-refractivity contribution < 1.29 is 24.2 Å². The molecule has 6 nitrogen and oxygen atoms in total. The van der Waals surface area contributed by atoms with Gasteiger partial charge in [0.2, 0.25) is 0 Å². The Morgan fingerprint density at radius 2 is 2.04 bits per heavy atom. The van der Waals surface area contributed by atoms with E-state index in [-0.39, 0.29) is 17.7 Å². The number of carbonyl (C=O) groups is 2. The van der Waals surface area contributed by atoms with Gasteiger partial charge in [-0.3, -0.25) is 0 Å². The van der Waals surface area contributed by atoms with Crippen LogP contribution in [0.2, 0.25) is 0 Å². The fourth-order valence-electron chi connectivity index (χ4n) is 2.29. The molecule has 2 rings (SSSR count). The van der Waals surface area contributed by atoms with Crippen molar-refractivity contribution in [3.05, 3.63) is 29.3 Å². The van der Waals surface area contributed by atoms with Gasteiger partial charge in [-0.15, -0.1) is 0 Å². The Labute approximate surface area is 136 Å². The summed E-state index contributed by atoms with van der Waals surface area (Å²) >= 11 is 0. The smallest absolute Gasteiger partial charge is 0.410 e. The molecule has 0 spiro atoms. The molecule has 1 aromatic carbocycles. The first-order valence-electron chi connectivity index (χ1n) is 7.64. The summed E-state index contributed by atoms with van der Waals surface area (Å²) in [4.78, 5) is 24.8. The number of rotatable bonds is 4. The maximum absolute atomic E-state index is 12.0. The third-order valence-electron chi connectivity index (χ3n) is 3.65. The van der Waals surface area contributed by atoms with Gasteiger partial charge in [0.25, 0.3) is 0 Å². The van der Waals surface area contributed by atoms with E-state index in [0.29, 0.717) is 24.5 Å². The van der Waals surface area contributed by atoms with E-state index in [1.807, 2.05) is 20.8 Å². The van der Waals surface area contributed by atoms with Crippen LogP contribution in [-0.4, -0.2) is 46.9 Å². The van der Waals surface area contributed by atoms with E-state index in [2.05, 4.69) is 0 Å². The summed E-state index contributed by atoms with van der Waals surface area (Å²) in [5, 5.41) is 9.12. The fourth-order valence-corrected chi connectivity index (χ4v) is 2.29. The molecule has 1 heterocycles. The number of hydrogen-bond donors (Lipinski definition) is 1. The Balaban J connectivity index is 1.93. The molecule has 1 N–H and O–H groups in total. The second kappa shape index (κ2) is 6.48. The summed E-state index contributed by atoms with van der Waals surface area (Å²) in [6.07, 6.45) is 0.504.